The van der Waals surface area contributed by atoms with Crippen molar-refractivity contribution in [2.45, 2.75) is 13.0 Å². The van der Waals surface area contributed by atoms with Gasteiger partial charge in [-0.1, -0.05) is 36.4 Å². The van der Waals surface area contributed by atoms with Crippen LogP contribution in [-0.2, 0) is 17.8 Å². The highest BCUT2D eigenvalue weighted by Gasteiger charge is 2.18. The van der Waals surface area contributed by atoms with E-state index in [1.54, 1.807) is 12.0 Å². The third kappa shape index (κ3) is 3.80. The Morgan fingerprint density at radius 3 is 2.76 bits per heavy atom. The minimum absolute atomic E-state index is 0.0747. The summed E-state index contributed by atoms with van der Waals surface area (Å²) in [4.78, 5) is 14.4. The smallest absolute Gasteiger partial charge is 0.228 e. The van der Waals surface area contributed by atoms with Gasteiger partial charge in [0.05, 0.1) is 31.3 Å². The first-order valence-electron chi connectivity index (χ1n) is 8.15. The van der Waals surface area contributed by atoms with Crippen LogP contribution in [0.4, 0.5) is 0 Å². The lowest BCUT2D eigenvalue weighted by molar-refractivity contribution is -0.131. The number of hydrogen-bond acceptors (Lipinski definition) is 4. The molecule has 0 aliphatic heterocycles. The van der Waals surface area contributed by atoms with Gasteiger partial charge in [-0.25, -0.2) is 0 Å². The molecule has 6 heteroatoms. The molecule has 0 saturated heterocycles. The fourth-order valence-electron chi connectivity index (χ4n) is 2.86. The maximum atomic E-state index is 12.8. The summed E-state index contributed by atoms with van der Waals surface area (Å²) in [5.74, 6) is 0.652. The number of aliphatic hydroxyl groups excluding tert-OH is 1. The highest BCUT2D eigenvalue weighted by molar-refractivity contribution is 5.87. The van der Waals surface area contributed by atoms with Crippen molar-refractivity contribution in [3.8, 4) is 5.75 Å². The van der Waals surface area contributed by atoms with Crippen LogP contribution in [0.25, 0.3) is 10.9 Å². The zero-order valence-electron chi connectivity index (χ0n) is 14.1. The number of benzene rings is 2. The van der Waals surface area contributed by atoms with Crippen molar-refractivity contribution >= 4 is 16.8 Å². The molecule has 1 amide bonds. The molecule has 25 heavy (non-hydrogen) atoms. The van der Waals surface area contributed by atoms with Crippen LogP contribution in [0.3, 0.4) is 0 Å². The van der Waals surface area contributed by atoms with Crippen LogP contribution >= 0.6 is 0 Å². The molecule has 1 heterocycles. The van der Waals surface area contributed by atoms with E-state index < -0.39 is 0 Å². The Bertz CT molecular complexity index is 860. The molecule has 0 aliphatic carbocycles. The van der Waals surface area contributed by atoms with E-state index in [0.717, 1.165) is 27.9 Å². The van der Waals surface area contributed by atoms with Crippen LogP contribution in [0, 0.1) is 0 Å². The summed E-state index contributed by atoms with van der Waals surface area (Å²) >= 11 is 0. The standard InChI is InChI=1S/C19H21N3O3/c1-25-18-9-5-2-6-14(18)13-22(10-11-23)19(24)12-17-15-7-3-4-8-16(15)20-21-17/h2-9,23H,10-13H2,1H3,(H,20,21). The summed E-state index contributed by atoms with van der Waals surface area (Å²) in [5, 5.41) is 17.5. The first-order chi connectivity index (χ1) is 12.2. The van der Waals surface area contributed by atoms with E-state index in [1.165, 1.54) is 0 Å². The SMILES string of the molecule is COc1ccccc1CN(CCO)C(=O)Cc1[nH]nc2ccccc12. The minimum atomic E-state index is -0.0926. The van der Waals surface area contributed by atoms with Crippen LogP contribution in [0.5, 0.6) is 5.75 Å². The third-order valence-electron chi connectivity index (χ3n) is 4.14. The number of aliphatic hydroxyl groups is 1. The van der Waals surface area contributed by atoms with E-state index in [0.29, 0.717) is 6.54 Å². The third-order valence-corrected chi connectivity index (χ3v) is 4.14. The lowest BCUT2D eigenvalue weighted by Gasteiger charge is -2.22. The molecule has 2 aromatic carbocycles. The van der Waals surface area contributed by atoms with E-state index in [-0.39, 0.29) is 25.5 Å². The molecule has 0 atom stereocenters. The van der Waals surface area contributed by atoms with Gasteiger partial charge in [0.15, 0.2) is 0 Å². The summed E-state index contributed by atoms with van der Waals surface area (Å²) in [5.41, 5.74) is 2.52. The largest absolute Gasteiger partial charge is 0.496 e. The van der Waals surface area contributed by atoms with Crippen molar-refractivity contribution < 1.29 is 14.6 Å². The summed E-state index contributed by atoms with van der Waals surface area (Å²) < 4.78 is 5.35. The summed E-state index contributed by atoms with van der Waals surface area (Å²) in [6.07, 6.45) is 0.204. The van der Waals surface area contributed by atoms with Crippen LogP contribution in [0.15, 0.2) is 48.5 Å². The summed E-state index contributed by atoms with van der Waals surface area (Å²) in [7, 11) is 1.60. The Balaban J connectivity index is 1.79. The maximum absolute atomic E-state index is 12.8. The van der Waals surface area contributed by atoms with Gasteiger partial charge in [0.2, 0.25) is 5.91 Å². The lowest BCUT2D eigenvalue weighted by atomic mass is 10.1. The number of carbonyl (C=O) groups excluding carboxylic acids is 1. The number of H-pyrrole nitrogens is 1. The molecule has 0 bridgehead atoms. The number of amides is 1. The van der Waals surface area contributed by atoms with Crippen molar-refractivity contribution in [1.82, 2.24) is 15.1 Å². The van der Waals surface area contributed by atoms with Gasteiger partial charge in [0.1, 0.15) is 5.75 Å². The number of rotatable bonds is 7. The molecule has 0 spiro atoms. The number of carbonyl (C=O) groups is 1. The van der Waals surface area contributed by atoms with E-state index >= 15 is 0 Å². The lowest BCUT2D eigenvalue weighted by Crippen LogP contribution is -2.34. The van der Waals surface area contributed by atoms with Crippen LogP contribution < -0.4 is 4.74 Å². The van der Waals surface area contributed by atoms with E-state index in [9.17, 15) is 9.90 Å². The number of hydrogen-bond donors (Lipinski definition) is 2. The Morgan fingerprint density at radius 2 is 1.96 bits per heavy atom. The molecule has 1 aromatic heterocycles. The number of methoxy groups -OCH3 is 1. The normalized spacial score (nSPS) is 10.8. The second-order valence-corrected chi connectivity index (χ2v) is 5.75. The van der Waals surface area contributed by atoms with Crippen LogP contribution in [0.2, 0.25) is 0 Å². The predicted octanol–water partition coefficient (Wildman–Crippen LogP) is 2.14. The van der Waals surface area contributed by atoms with Gasteiger partial charge >= 0.3 is 0 Å². The summed E-state index contributed by atoms with van der Waals surface area (Å²) in [6.45, 7) is 0.559. The predicted molar refractivity (Wildman–Crippen MR) is 95.3 cm³/mol. The molecule has 0 aliphatic rings. The van der Waals surface area contributed by atoms with E-state index in [4.69, 9.17) is 4.74 Å². The number of para-hydroxylation sites is 2. The number of aromatic nitrogens is 2. The van der Waals surface area contributed by atoms with Gasteiger partial charge in [-0.3, -0.25) is 9.89 Å². The van der Waals surface area contributed by atoms with Gasteiger partial charge in [0, 0.05) is 24.0 Å². The van der Waals surface area contributed by atoms with Crippen molar-refractivity contribution in [1.29, 1.82) is 0 Å². The number of nitrogens with one attached hydrogen (secondary N) is 1. The highest BCUT2D eigenvalue weighted by Crippen LogP contribution is 2.21. The van der Waals surface area contributed by atoms with Gasteiger partial charge in [-0.15, -0.1) is 0 Å². The van der Waals surface area contributed by atoms with Crippen molar-refractivity contribution in [2.75, 3.05) is 20.3 Å². The molecule has 2 N–H and O–H groups in total. The van der Waals surface area contributed by atoms with Crippen LogP contribution in [0.1, 0.15) is 11.3 Å². The van der Waals surface area contributed by atoms with E-state index in [2.05, 4.69) is 10.2 Å². The molecule has 0 fully saturated rings. The molecular weight excluding hydrogens is 318 g/mol. The second kappa shape index (κ2) is 7.81. The number of nitrogens with zero attached hydrogens (tertiary/aromatic N) is 2. The van der Waals surface area contributed by atoms with Gasteiger partial charge in [-0.2, -0.15) is 5.10 Å². The van der Waals surface area contributed by atoms with Gasteiger partial charge < -0.3 is 14.7 Å². The topological polar surface area (TPSA) is 78.5 Å². The fraction of sp³-hybridized carbons (Fsp3) is 0.263. The zero-order chi connectivity index (χ0) is 17.6. The molecule has 0 saturated carbocycles. The first-order valence-corrected chi connectivity index (χ1v) is 8.15. The van der Waals surface area contributed by atoms with Gasteiger partial charge in [0.25, 0.3) is 0 Å². The van der Waals surface area contributed by atoms with Crippen LogP contribution in [-0.4, -0.2) is 46.4 Å². The van der Waals surface area contributed by atoms with Crippen molar-refractivity contribution in [3.63, 3.8) is 0 Å². The first kappa shape index (κ1) is 17.0. The second-order valence-electron chi connectivity index (χ2n) is 5.75. The van der Waals surface area contributed by atoms with Crippen molar-refractivity contribution in [3.05, 3.63) is 59.8 Å². The molecule has 3 aromatic rings. The Labute approximate surface area is 146 Å². The Kier molecular flexibility index (Phi) is 5.30. The maximum Gasteiger partial charge on any atom is 0.228 e. The average molecular weight is 339 g/mol. The Hall–Kier alpha value is -2.86. The average Bonchev–Trinajstić information content (AvgIpc) is 3.05. The molecular formula is C19H21N3O3. The molecule has 0 radical (unpaired) electrons. The monoisotopic (exact) mass is 339 g/mol. The van der Waals surface area contributed by atoms with E-state index in [1.807, 2.05) is 48.5 Å². The summed E-state index contributed by atoms with van der Waals surface area (Å²) in [6, 6.07) is 15.2. The quantitative estimate of drug-likeness (QED) is 0.691. The zero-order valence-corrected chi connectivity index (χ0v) is 14.1. The highest BCUT2D eigenvalue weighted by atomic mass is 16.5. The molecule has 3 rings (SSSR count). The molecule has 0 unspecified atom stereocenters. The molecule has 130 valence electrons. The number of ether oxygens (including phenoxy) is 1. The fourth-order valence-corrected chi connectivity index (χ4v) is 2.86. The van der Waals surface area contributed by atoms with Gasteiger partial charge in [-0.05, 0) is 12.1 Å². The van der Waals surface area contributed by atoms with Crippen molar-refractivity contribution in [2.24, 2.45) is 0 Å². The minimum Gasteiger partial charge on any atom is -0.496 e. The molecule has 6 nitrogen and oxygen atoms in total. The Morgan fingerprint density at radius 1 is 1.20 bits per heavy atom. The number of fused-ring (bicyclic) bond motifs is 1. The number of aromatic amines is 1.